The molecule has 1 aliphatic carbocycles. The normalized spacial score (nSPS) is 14.0. The molecule has 0 saturated heterocycles. The predicted molar refractivity (Wildman–Crippen MR) is 126 cm³/mol. The molecule has 0 fully saturated rings. The Morgan fingerprint density at radius 3 is 2.18 bits per heavy atom. The molecule has 0 aliphatic heterocycles. The van der Waals surface area contributed by atoms with Gasteiger partial charge in [0.2, 0.25) is 5.91 Å². The summed E-state index contributed by atoms with van der Waals surface area (Å²) in [5, 5.41) is 14.4. The molecule has 0 spiro atoms. The molecule has 33 heavy (non-hydrogen) atoms. The van der Waals surface area contributed by atoms with Gasteiger partial charge in [-0.25, -0.2) is 4.79 Å². The molecular weight excluding hydrogens is 420 g/mol. The van der Waals surface area contributed by atoms with Crippen molar-refractivity contribution in [1.82, 2.24) is 10.6 Å². The number of unbranched alkanes of at least 4 members (excludes halogenated alkanes) is 1. The molecule has 7 heteroatoms. The Hall–Kier alpha value is -3.35. The topological polar surface area (TPSA) is 105 Å². The van der Waals surface area contributed by atoms with Crippen molar-refractivity contribution in [2.75, 3.05) is 13.2 Å². The van der Waals surface area contributed by atoms with Crippen molar-refractivity contribution in [2.24, 2.45) is 5.92 Å². The van der Waals surface area contributed by atoms with Gasteiger partial charge in [-0.2, -0.15) is 0 Å². The number of fused-ring (bicyclic) bond motifs is 3. The Morgan fingerprint density at radius 2 is 1.61 bits per heavy atom. The first-order valence-electron chi connectivity index (χ1n) is 11.5. The van der Waals surface area contributed by atoms with Crippen molar-refractivity contribution in [3.8, 4) is 11.1 Å². The fourth-order valence-electron chi connectivity index (χ4n) is 4.12. The van der Waals surface area contributed by atoms with E-state index in [1.54, 1.807) is 6.92 Å². The molecule has 0 aromatic heterocycles. The minimum Gasteiger partial charge on any atom is -0.481 e. The van der Waals surface area contributed by atoms with Crippen LogP contribution in [-0.2, 0) is 14.3 Å². The lowest BCUT2D eigenvalue weighted by atomic mass is 9.98. The van der Waals surface area contributed by atoms with Crippen LogP contribution in [0.3, 0.4) is 0 Å². The van der Waals surface area contributed by atoms with Crippen LogP contribution in [0.2, 0.25) is 0 Å². The molecule has 2 atom stereocenters. The van der Waals surface area contributed by atoms with Gasteiger partial charge in [-0.15, -0.1) is 0 Å². The summed E-state index contributed by atoms with van der Waals surface area (Å²) in [6.07, 6.45) is 1.83. The monoisotopic (exact) mass is 452 g/mol. The fourth-order valence-corrected chi connectivity index (χ4v) is 4.12. The number of carboxylic acid groups (broad SMARTS) is 1. The zero-order valence-corrected chi connectivity index (χ0v) is 19.2. The number of carbonyl (C=O) groups is 3. The SMILES string of the molecule is CCCC[C@H](NC(=O)OCC1c2ccccc2-c2ccccc21)C(=O)NCCC(C)C(=O)O. The molecule has 0 heterocycles. The van der Waals surface area contributed by atoms with Crippen molar-refractivity contribution in [2.45, 2.75) is 51.5 Å². The van der Waals surface area contributed by atoms with Gasteiger partial charge in [0.25, 0.3) is 0 Å². The molecule has 1 unspecified atom stereocenters. The summed E-state index contributed by atoms with van der Waals surface area (Å²) in [7, 11) is 0. The molecule has 0 saturated carbocycles. The molecule has 3 rings (SSSR count). The van der Waals surface area contributed by atoms with Crippen LogP contribution in [0.1, 0.15) is 56.6 Å². The largest absolute Gasteiger partial charge is 0.481 e. The average molecular weight is 453 g/mol. The number of carboxylic acids is 1. The van der Waals surface area contributed by atoms with Crippen LogP contribution in [0.4, 0.5) is 4.79 Å². The number of alkyl carbamates (subject to hydrolysis) is 1. The lowest BCUT2D eigenvalue weighted by molar-refractivity contribution is -0.141. The number of amides is 2. The first-order chi connectivity index (χ1) is 15.9. The maximum Gasteiger partial charge on any atom is 0.407 e. The van der Waals surface area contributed by atoms with Crippen molar-refractivity contribution in [3.05, 3.63) is 59.7 Å². The third-order valence-corrected chi connectivity index (χ3v) is 6.10. The zero-order valence-electron chi connectivity index (χ0n) is 19.2. The minimum absolute atomic E-state index is 0.0522. The van der Waals surface area contributed by atoms with Crippen LogP contribution in [-0.4, -0.2) is 42.3 Å². The van der Waals surface area contributed by atoms with E-state index in [0.717, 1.165) is 35.1 Å². The van der Waals surface area contributed by atoms with Gasteiger partial charge in [0.15, 0.2) is 0 Å². The van der Waals surface area contributed by atoms with E-state index in [4.69, 9.17) is 9.84 Å². The number of hydrogen-bond donors (Lipinski definition) is 3. The van der Waals surface area contributed by atoms with Gasteiger partial charge in [-0.3, -0.25) is 9.59 Å². The van der Waals surface area contributed by atoms with Crippen LogP contribution in [0, 0.1) is 5.92 Å². The van der Waals surface area contributed by atoms with Gasteiger partial charge in [0.1, 0.15) is 12.6 Å². The van der Waals surface area contributed by atoms with Gasteiger partial charge in [-0.05, 0) is 35.1 Å². The quantitative estimate of drug-likeness (QED) is 0.471. The van der Waals surface area contributed by atoms with Gasteiger partial charge in [0.05, 0.1) is 5.92 Å². The number of ether oxygens (including phenoxy) is 1. The number of aliphatic carboxylic acids is 1. The van der Waals surface area contributed by atoms with E-state index < -0.39 is 24.0 Å². The van der Waals surface area contributed by atoms with E-state index in [1.807, 2.05) is 31.2 Å². The highest BCUT2D eigenvalue weighted by atomic mass is 16.5. The van der Waals surface area contributed by atoms with E-state index in [2.05, 4.69) is 34.9 Å². The van der Waals surface area contributed by atoms with E-state index in [0.29, 0.717) is 12.8 Å². The second-order valence-corrected chi connectivity index (χ2v) is 8.48. The summed E-state index contributed by atoms with van der Waals surface area (Å²) in [5.74, 6) is -1.82. The first kappa shape index (κ1) is 24.3. The molecule has 2 aromatic carbocycles. The van der Waals surface area contributed by atoms with Gasteiger partial charge in [-0.1, -0.05) is 75.2 Å². The summed E-state index contributed by atoms with van der Waals surface area (Å²) in [4.78, 5) is 36.1. The Labute approximate surface area is 194 Å². The fraction of sp³-hybridized carbons (Fsp3) is 0.423. The van der Waals surface area contributed by atoms with Crippen molar-refractivity contribution in [3.63, 3.8) is 0 Å². The van der Waals surface area contributed by atoms with Gasteiger partial charge >= 0.3 is 12.1 Å². The second-order valence-electron chi connectivity index (χ2n) is 8.48. The Bertz CT molecular complexity index is 945. The molecule has 0 radical (unpaired) electrons. The maximum atomic E-state index is 12.6. The summed E-state index contributed by atoms with van der Waals surface area (Å²) >= 11 is 0. The third kappa shape index (κ3) is 6.12. The first-order valence-corrected chi connectivity index (χ1v) is 11.5. The molecule has 2 aromatic rings. The van der Waals surface area contributed by atoms with Crippen LogP contribution in [0.25, 0.3) is 11.1 Å². The summed E-state index contributed by atoms with van der Waals surface area (Å²) in [5.41, 5.74) is 4.55. The highest BCUT2D eigenvalue weighted by Crippen LogP contribution is 2.44. The van der Waals surface area contributed by atoms with Crippen LogP contribution in [0.5, 0.6) is 0 Å². The maximum absolute atomic E-state index is 12.6. The summed E-state index contributed by atoms with van der Waals surface area (Å²) in [6, 6.07) is 15.5. The summed E-state index contributed by atoms with van der Waals surface area (Å²) < 4.78 is 5.57. The zero-order chi connectivity index (χ0) is 23.8. The number of nitrogens with one attached hydrogen (secondary N) is 2. The van der Waals surface area contributed by atoms with Crippen molar-refractivity contribution >= 4 is 18.0 Å². The Balaban J connectivity index is 1.58. The van der Waals surface area contributed by atoms with E-state index in [9.17, 15) is 14.4 Å². The molecular formula is C26H32N2O5. The Kier molecular flexibility index (Phi) is 8.46. The van der Waals surface area contributed by atoms with Crippen LogP contribution in [0.15, 0.2) is 48.5 Å². The number of benzene rings is 2. The highest BCUT2D eigenvalue weighted by Gasteiger charge is 2.29. The third-order valence-electron chi connectivity index (χ3n) is 6.10. The molecule has 3 N–H and O–H groups in total. The lowest BCUT2D eigenvalue weighted by Gasteiger charge is -2.20. The minimum atomic E-state index is -0.899. The predicted octanol–water partition coefficient (Wildman–Crippen LogP) is 4.31. The lowest BCUT2D eigenvalue weighted by Crippen LogP contribution is -2.47. The van der Waals surface area contributed by atoms with Gasteiger partial charge in [0, 0.05) is 12.5 Å². The smallest absolute Gasteiger partial charge is 0.407 e. The van der Waals surface area contributed by atoms with Crippen molar-refractivity contribution in [1.29, 1.82) is 0 Å². The molecule has 7 nitrogen and oxygen atoms in total. The molecule has 176 valence electrons. The Morgan fingerprint density at radius 1 is 1.00 bits per heavy atom. The van der Waals surface area contributed by atoms with Crippen LogP contribution < -0.4 is 10.6 Å². The van der Waals surface area contributed by atoms with Crippen LogP contribution >= 0.6 is 0 Å². The average Bonchev–Trinajstić information content (AvgIpc) is 3.13. The highest BCUT2D eigenvalue weighted by molar-refractivity contribution is 5.85. The van der Waals surface area contributed by atoms with E-state index in [-0.39, 0.29) is 25.0 Å². The molecule has 2 amide bonds. The summed E-state index contributed by atoms with van der Waals surface area (Å²) in [6.45, 7) is 4.02. The van der Waals surface area contributed by atoms with Crippen molar-refractivity contribution < 1.29 is 24.2 Å². The van der Waals surface area contributed by atoms with Gasteiger partial charge < -0.3 is 20.5 Å². The molecule has 1 aliphatic rings. The molecule has 0 bridgehead atoms. The second kappa shape index (κ2) is 11.5. The van der Waals surface area contributed by atoms with E-state index in [1.165, 1.54) is 0 Å². The standard InChI is InChI=1S/C26H32N2O5/c1-3-4-13-23(24(29)27-15-14-17(2)25(30)31)28-26(32)33-16-22-20-11-7-5-9-18(20)19-10-6-8-12-21(19)22/h5-12,17,22-23H,3-4,13-16H2,1-2H3,(H,27,29)(H,28,32)(H,30,31)/t17?,23-/m0/s1. The number of rotatable bonds is 11. The number of hydrogen-bond acceptors (Lipinski definition) is 4. The van der Waals surface area contributed by atoms with E-state index >= 15 is 0 Å². The number of carbonyl (C=O) groups excluding carboxylic acids is 2.